The van der Waals surface area contributed by atoms with E-state index >= 15 is 0 Å². The molecule has 130 valence electrons. The number of carbonyl (C=O) groups excluding carboxylic acids is 2. The zero-order valence-corrected chi connectivity index (χ0v) is 14.4. The first-order valence-corrected chi connectivity index (χ1v) is 8.43. The number of benzene rings is 2. The summed E-state index contributed by atoms with van der Waals surface area (Å²) in [6, 6.07) is 16.7. The Morgan fingerprint density at radius 3 is 2.44 bits per heavy atom. The molecule has 0 saturated heterocycles. The molecule has 0 aliphatic carbocycles. The van der Waals surface area contributed by atoms with Gasteiger partial charge >= 0.3 is 11.9 Å². The molecule has 25 heavy (non-hydrogen) atoms. The second-order valence-electron chi connectivity index (χ2n) is 5.84. The molecule has 0 aromatic heterocycles. The summed E-state index contributed by atoms with van der Waals surface area (Å²) < 4.78 is 10.8. The maximum absolute atomic E-state index is 13.0. The highest BCUT2D eigenvalue weighted by atomic mass is 16.6. The number of carbonyl (C=O) groups is 2. The van der Waals surface area contributed by atoms with Crippen LogP contribution in [0, 0.1) is 0 Å². The van der Waals surface area contributed by atoms with E-state index in [1.54, 1.807) is 24.0 Å². The number of ether oxygens (including phenoxy) is 2. The first kappa shape index (κ1) is 17.0. The zero-order valence-electron chi connectivity index (χ0n) is 14.4. The molecule has 0 spiro atoms. The third-order valence-corrected chi connectivity index (χ3v) is 4.39. The van der Waals surface area contributed by atoms with E-state index in [0.29, 0.717) is 18.0 Å². The highest BCUT2D eigenvalue weighted by Gasteiger charge is 2.56. The van der Waals surface area contributed by atoms with E-state index in [0.717, 1.165) is 5.56 Å². The van der Waals surface area contributed by atoms with Crippen LogP contribution in [0.1, 0.15) is 19.4 Å². The molecular formula is C20H21NO4. The minimum atomic E-state index is -1.53. The van der Waals surface area contributed by atoms with Gasteiger partial charge in [-0.25, -0.2) is 9.59 Å². The molecule has 0 saturated carbocycles. The van der Waals surface area contributed by atoms with Gasteiger partial charge in [-0.3, -0.25) is 0 Å². The van der Waals surface area contributed by atoms with Gasteiger partial charge in [0.2, 0.25) is 5.54 Å². The molecule has 1 aliphatic rings. The molecule has 5 nitrogen and oxygen atoms in total. The lowest BCUT2D eigenvalue weighted by Gasteiger charge is -2.44. The van der Waals surface area contributed by atoms with Crippen molar-refractivity contribution in [2.45, 2.75) is 25.8 Å². The van der Waals surface area contributed by atoms with Gasteiger partial charge in [-0.1, -0.05) is 42.5 Å². The molecule has 0 N–H and O–H groups in total. The first-order chi connectivity index (χ1) is 12.1. The van der Waals surface area contributed by atoms with Crippen molar-refractivity contribution in [2.75, 3.05) is 18.1 Å². The Morgan fingerprint density at radius 2 is 1.76 bits per heavy atom. The fourth-order valence-corrected chi connectivity index (χ4v) is 3.28. The van der Waals surface area contributed by atoms with Gasteiger partial charge < -0.3 is 14.4 Å². The summed E-state index contributed by atoms with van der Waals surface area (Å²) in [6.45, 7) is 4.31. The number of nitrogens with zero attached hydrogens (tertiary/aromatic N) is 1. The SMILES string of the molecule is CCOC(=O)[C@]1(Cc2ccccc2)C(=O)Oc2ccccc2N1CC. The standard InChI is InChI=1S/C20H21NO4/c1-3-21-16-12-8-9-13-17(16)25-19(23)20(21,18(22)24-4-2)14-15-10-6-5-7-11-15/h5-13H,3-4,14H2,1-2H3/t20-/m1/s1. The van der Waals surface area contributed by atoms with Crippen molar-refractivity contribution in [3.63, 3.8) is 0 Å². The summed E-state index contributed by atoms with van der Waals surface area (Å²) in [7, 11) is 0. The van der Waals surface area contributed by atoms with Crippen molar-refractivity contribution < 1.29 is 19.1 Å². The summed E-state index contributed by atoms with van der Waals surface area (Å²) in [5.41, 5.74) is 0.0550. The molecule has 0 bridgehead atoms. The van der Waals surface area contributed by atoms with Crippen molar-refractivity contribution in [1.29, 1.82) is 0 Å². The van der Waals surface area contributed by atoms with Crippen LogP contribution in [0.3, 0.4) is 0 Å². The summed E-state index contributed by atoms with van der Waals surface area (Å²) >= 11 is 0. The Bertz CT molecular complexity index is 774. The Morgan fingerprint density at radius 1 is 1.08 bits per heavy atom. The van der Waals surface area contributed by atoms with E-state index in [1.165, 1.54) is 0 Å². The molecule has 0 fully saturated rings. The normalized spacial score (nSPS) is 19.1. The van der Waals surface area contributed by atoms with E-state index in [4.69, 9.17) is 9.47 Å². The topological polar surface area (TPSA) is 55.8 Å². The predicted molar refractivity (Wildman–Crippen MR) is 94.6 cm³/mol. The summed E-state index contributed by atoms with van der Waals surface area (Å²) in [4.78, 5) is 27.7. The molecule has 0 radical (unpaired) electrons. The summed E-state index contributed by atoms with van der Waals surface area (Å²) in [5, 5.41) is 0. The van der Waals surface area contributed by atoms with E-state index in [-0.39, 0.29) is 13.0 Å². The van der Waals surface area contributed by atoms with Gasteiger partial charge in [-0.15, -0.1) is 0 Å². The number of fused-ring (bicyclic) bond motifs is 1. The van der Waals surface area contributed by atoms with Crippen LogP contribution < -0.4 is 9.64 Å². The van der Waals surface area contributed by atoms with E-state index in [9.17, 15) is 9.59 Å². The first-order valence-electron chi connectivity index (χ1n) is 8.43. The fraction of sp³-hybridized carbons (Fsp3) is 0.300. The van der Waals surface area contributed by atoms with E-state index in [1.807, 2.05) is 49.4 Å². The summed E-state index contributed by atoms with van der Waals surface area (Å²) in [5.74, 6) is -0.724. The third kappa shape index (κ3) is 2.86. The van der Waals surface area contributed by atoms with Gasteiger partial charge in [0.25, 0.3) is 0 Å². The Hall–Kier alpha value is -2.82. The average molecular weight is 339 g/mol. The highest BCUT2D eigenvalue weighted by Crippen LogP contribution is 2.40. The molecule has 1 heterocycles. The van der Waals surface area contributed by atoms with Crippen molar-refractivity contribution in [3.05, 3.63) is 60.2 Å². The van der Waals surface area contributed by atoms with Crippen LogP contribution in [0.5, 0.6) is 5.75 Å². The molecule has 2 aromatic rings. The van der Waals surface area contributed by atoms with Crippen LogP contribution in [-0.2, 0) is 20.7 Å². The molecule has 1 aliphatic heterocycles. The van der Waals surface area contributed by atoms with Gasteiger partial charge in [0.1, 0.15) is 0 Å². The molecular weight excluding hydrogens is 318 g/mol. The van der Waals surface area contributed by atoms with Crippen molar-refractivity contribution in [3.8, 4) is 5.75 Å². The number of anilines is 1. The molecule has 0 amide bonds. The smallest absolute Gasteiger partial charge is 0.349 e. The lowest BCUT2D eigenvalue weighted by molar-refractivity contribution is -0.160. The van der Waals surface area contributed by atoms with Gasteiger partial charge in [0.05, 0.1) is 12.3 Å². The molecule has 1 atom stereocenters. The van der Waals surface area contributed by atoms with Crippen molar-refractivity contribution in [2.24, 2.45) is 0 Å². The molecule has 2 aromatic carbocycles. The highest BCUT2D eigenvalue weighted by molar-refractivity contribution is 6.11. The van der Waals surface area contributed by atoms with Gasteiger partial charge in [0, 0.05) is 13.0 Å². The quantitative estimate of drug-likeness (QED) is 0.476. The summed E-state index contributed by atoms with van der Waals surface area (Å²) in [6.07, 6.45) is 0.188. The number of para-hydroxylation sites is 2. The van der Waals surface area contributed by atoms with Crippen LogP contribution in [-0.4, -0.2) is 30.6 Å². The average Bonchev–Trinajstić information content (AvgIpc) is 2.63. The Labute approximate surface area is 147 Å². The van der Waals surface area contributed by atoms with Crippen LogP contribution in [0.15, 0.2) is 54.6 Å². The molecule has 0 unspecified atom stereocenters. The lowest BCUT2D eigenvalue weighted by Crippen LogP contribution is -2.66. The Kier molecular flexibility index (Phi) is 4.74. The number of likely N-dealkylation sites (N-methyl/N-ethyl adjacent to an activating group) is 1. The number of rotatable bonds is 5. The zero-order chi connectivity index (χ0) is 17.9. The monoisotopic (exact) mass is 339 g/mol. The van der Waals surface area contributed by atoms with E-state index in [2.05, 4.69) is 0 Å². The number of hydrogen-bond donors (Lipinski definition) is 0. The van der Waals surface area contributed by atoms with Crippen LogP contribution in [0.25, 0.3) is 0 Å². The molecule has 5 heteroatoms. The maximum atomic E-state index is 13.0. The Balaban J connectivity index is 2.15. The van der Waals surface area contributed by atoms with Gasteiger partial charge in [-0.2, -0.15) is 0 Å². The van der Waals surface area contributed by atoms with Crippen LogP contribution in [0.4, 0.5) is 5.69 Å². The second kappa shape index (κ2) is 6.97. The van der Waals surface area contributed by atoms with Crippen LogP contribution >= 0.6 is 0 Å². The van der Waals surface area contributed by atoms with Crippen LogP contribution in [0.2, 0.25) is 0 Å². The second-order valence-corrected chi connectivity index (χ2v) is 5.84. The number of esters is 2. The largest absolute Gasteiger partial charge is 0.464 e. The third-order valence-electron chi connectivity index (χ3n) is 4.39. The van der Waals surface area contributed by atoms with Crippen molar-refractivity contribution >= 4 is 17.6 Å². The van der Waals surface area contributed by atoms with E-state index < -0.39 is 17.5 Å². The van der Waals surface area contributed by atoms with Gasteiger partial charge in [-0.05, 0) is 31.5 Å². The predicted octanol–water partition coefficient (Wildman–Crippen LogP) is 2.98. The molecule has 3 rings (SSSR count). The van der Waals surface area contributed by atoms with Crippen molar-refractivity contribution in [1.82, 2.24) is 0 Å². The maximum Gasteiger partial charge on any atom is 0.349 e. The minimum Gasteiger partial charge on any atom is -0.464 e. The van der Waals surface area contributed by atoms with Gasteiger partial charge in [0.15, 0.2) is 5.75 Å². The fourth-order valence-electron chi connectivity index (χ4n) is 3.28. The minimum absolute atomic E-state index is 0.188. The number of hydrogen-bond acceptors (Lipinski definition) is 5. The lowest BCUT2D eigenvalue weighted by atomic mass is 9.86.